The third-order valence-corrected chi connectivity index (χ3v) is 3.11. The van der Waals surface area contributed by atoms with Crippen molar-refractivity contribution in [1.29, 1.82) is 0 Å². The van der Waals surface area contributed by atoms with E-state index in [0.29, 0.717) is 12.1 Å². The molecule has 0 radical (unpaired) electrons. The summed E-state index contributed by atoms with van der Waals surface area (Å²) in [5.74, 6) is -0.0329. The number of hydrogen-bond acceptors (Lipinski definition) is 3. The smallest absolute Gasteiger partial charge is 0.255 e. The van der Waals surface area contributed by atoms with Gasteiger partial charge in [0.05, 0.1) is 11.3 Å². The van der Waals surface area contributed by atoms with Crippen molar-refractivity contribution in [2.45, 2.75) is 46.7 Å². The summed E-state index contributed by atoms with van der Waals surface area (Å²) in [4.78, 5) is 12.1. The number of hydrogen-bond donors (Lipinski definition) is 2. The fourth-order valence-corrected chi connectivity index (χ4v) is 1.89. The maximum atomic E-state index is 12.1. The lowest BCUT2D eigenvalue weighted by Gasteiger charge is -2.11. The monoisotopic (exact) mass is 252 g/mol. The highest BCUT2D eigenvalue weighted by molar-refractivity contribution is 5.96. The third-order valence-electron chi connectivity index (χ3n) is 3.11. The summed E-state index contributed by atoms with van der Waals surface area (Å²) in [5.41, 5.74) is 2.46. The van der Waals surface area contributed by atoms with Gasteiger partial charge in [0.2, 0.25) is 0 Å². The van der Waals surface area contributed by atoms with Gasteiger partial charge in [0.1, 0.15) is 0 Å². The van der Waals surface area contributed by atoms with Gasteiger partial charge in [-0.1, -0.05) is 6.92 Å². The molecule has 18 heavy (non-hydrogen) atoms. The summed E-state index contributed by atoms with van der Waals surface area (Å²) in [6, 6.07) is 0.264. The van der Waals surface area contributed by atoms with Crippen molar-refractivity contribution < 1.29 is 4.79 Å². The van der Waals surface area contributed by atoms with E-state index in [1.54, 1.807) is 0 Å². The fourth-order valence-electron chi connectivity index (χ4n) is 1.89. The summed E-state index contributed by atoms with van der Waals surface area (Å²) in [6.45, 7) is 9.44. The molecule has 1 unspecified atom stereocenters. The van der Waals surface area contributed by atoms with Crippen LogP contribution in [0.4, 0.5) is 0 Å². The number of aromatic nitrogens is 2. The van der Waals surface area contributed by atoms with Crippen molar-refractivity contribution in [3.05, 3.63) is 17.0 Å². The molecule has 1 rings (SSSR count). The predicted molar refractivity (Wildman–Crippen MR) is 72.8 cm³/mol. The van der Waals surface area contributed by atoms with E-state index in [2.05, 4.69) is 22.7 Å². The van der Waals surface area contributed by atoms with Crippen LogP contribution >= 0.6 is 0 Å². The zero-order valence-electron chi connectivity index (χ0n) is 12.0. The fraction of sp³-hybridized carbons (Fsp3) is 0.692. The van der Waals surface area contributed by atoms with E-state index in [4.69, 9.17) is 0 Å². The van der Waals surface area contributed by atoms with E-state index < -0.39 is 0 Å². The molecule has 5 nitrogen and oxygen atoms in total. The predicted octanol–water partition coefficient (Wildman–Crippen LogP) is 1.25. The van der Waals surface area contributed by atoms with E-state index in [0.717, 1.165) is 24.4 Å². The highest BCUT2D eigenvalue weighted by Crippen LogP contribution is 2.13. The topological polar surface area (TPSA) is 59.0 Å². The first-order valence-corrected chi connectivity index (χ1v) is 6.50. The lowest BCUT2D eigenvalue weighted by Crippen LogP contribution is -2.37. The second-order valence-electron chi connectivity index (χ2n) is 4.67. The first-order chi connectivity index (χ1) is 8.51. The molecule has 1 amide bonds. The third kappa shape index (κ3) is 3.32. The quantitative estimate of drug-likeness (QED) is 0.801. The van der Waals surface area contributed by atoms with Gasteiger partial charge in [-0.15, -0.1) is 0 Å². The second kappa shape index (κ2) is 6.54. The lowest BCUT2D eigenvalue weighted by atomic mass is 10.2. The van der Waals surface area contributed by atoms with Crippen molar-refractivity contribution >= 4 is 5.91 Å². The minimum atomic E-state index is -0.0329. The number of carbonyl (C=O) groups is 1. The molecule has 0 aliphatic heterocycles. The first kappa shape index (κ1) is 14.7. The van der Waals surface area contributed by atoms with E-state index in [1.807, 2.05) is 32.5 Å². The Hall–Kier alpha value is -1.36. The van der Waals surface area contributed by atoms with Gasteiger partial charge in [-0.25, -0.2) is 0 Å². The van der Waals surface area contributed by atoms with Crippen LogP contribution in [0.1, 0.15) is 42.0 Å². The Labute approximate surface area is 109 Å². The molecule has 0 spiro atoms. The molecule has 1 heterocycles. The van der Waals surface area contributed by atoms with Crippen molar-refractivity contribution in [3.63, 3.8) is 0 Å². The standard InChI is InChI=1S/C13H24N4O/c1-6-7-17-11(4)12(10(3)16-17)13(18)15-8-9(2)14-5/h9,14H,6-8H2,1-5H3,(H,15,18). The molecule has 0 saturated carbocycles. The number of nitrogens with zero attached hydrogens (tertiary/aromatic N) is 2. The van der Waals surface area contributed by atoms with Crippen LogP contribution in [0.15, 0.2) is 0 Å². The Bertz CT molecular complexity index is 411. The molecule has 0 saturated heterocycles. The summed E-state index contributed by atoms with van der Waals surface area (Å²) in [6.07, 6.45) is 1.01. The molecule has 0 aliphatic carbocycles. The summed E-state index contributed by atoms with van der Waals surface area (Å²) >= 11 is 0. The van der Waals surface area contributed by atoms with Gasteiger partial charge in [-0.05, 0) is 34.2 Å². The average molecular weight is 252 g/mol. The zero-order valence-corrected chi connectivity index (χ0v) is 12.0. The first-order valence-electron chi connectivity index (χ1n) is 6.50. The molecule has 1 atom stereocenters. The van der Waals surface area contributed by atoms with Crippen LogP contribution in [0.25, 0.3) is 0 Å². The summed E-state index contributed by atoms with van der Waals surface area (Å²) < 4.78 is 1.91. The second-order valence-corrected chi connectivity index (χ2v) is 4.67. The minimum absolute atomic E-state index is 0.0329. The minimum Gasteiger partial charge on any atom is -0.350 e. The number of likely N-dealkylation sites (N-methyl/N-ethyl adjacent to an activating group) is 1. The maximum absolute atomic E-state index is 12.1. The Morgan fingerprint density at radius 2 is 2.11 bits per heavy atom. The summed E-state index contributed by atoms with van der Waals surface area (Å²) in [7, 11) is 1.88. The van der Waals surface area contributed by atoms with Gasteiger partial charge in [0, 0.05) is 24.8 Å². The van der Waals surface area contributed by atoms with Crippen molar-refractivity contribution in [2.24, 2.45) is 0 Å². The van der Waals surface area contributed by atoms with E-state index >= 15 is 0 Å². The van der Waals surface area contributed by atoms with E-state index in [9.17, 15) is 4.79 Å². The van der Waals surface area contributed by atoms with Crippen molar-refractivity contribution in [1.82, 2.24) is 20.4 Å². The Kier molecular flexibility index (Phi) is 5.34. The SMILES string of the molecule is CCCn1nc(C)c(C(=O)NCC(C)NC)c1C. The molecule has 0 bridgehead atoms. The van der Waals surface area contributed by atoms with Gasteiger partial charge in [-0.2, -0.15) is 5.10 Å². The van der Waals surface area contributed by atoms with Crippen LogP contribution in [-0.2, 0) is 6.54 Å². The Morgan fingerprint density at radius 3 is 2.67 bits per heavy atom. The van der Waals surface area contributed by atoms with Crippen LogP contribution in [-0.4, -0.2) is 35.3 Å². The van der Waals surface area contributed by atoms with Crippen LogP contribution in [0.3, 0.4) is 0 Å². The van der Waals surface area contributed by atoms with Gasteiger partial charge < -0.3 is 10.6 Å². The molecule has 102 valence electrons. The van der Waals surface area contributed by atoms with Crippen LogP contribution in [0.5, 0.6) is 0 Å². The lowest BCUT2D eigenvalue weighted by molar-refractivity contribution is 0.0949. The van der Waals surface area contributed by atoms with Gasteiger partial charge in [0.15, 0.2) is 0 Å². The van der Waals surface area contributed by atoms with Crippen molar-refractivity contribution in [3.8, 4) is 0 Å². The average Bonchev–Trinajstić information content (AvgIpc) is 2.62. The number of rotatable bonds is 6. The molecule has 2 N–H and O–H groups in total. The number of aryl methyl sites for hydroxylation is 2. The number of nitrogens with one attached hydrogen (secondary N) is 2. The van der Waals surface area contributed by atoms with Gasteiger partial charge in [-0.3, -0.25) is 9.48 Å². The van der Waals surface area contributed by atoms with E-state index in [-0.39, 0.29) is 11.9 Å². The van der Waals surface area contributed by atoms with Crippen molar-refractivity contribution in [2.75, 3.05) is 13.6 Å². The molecule has 0 aliphatic rings. The van der Waals surface area contributed by atoms with Crippen LogP contribution < -0.4 is 10.6 Å². The molecule has 1 aromatic rings. The Morgan fingerprint density at radius 1 is 1.44 bits per heavy atom. The van der Waals surface area contributed by atoms with Gasteiger partial charge in [0.25, 0.3) is 5.91 Å². The normalized spacial score (nSPS) is 12.5. The van der Waals surface area contributed by atoms with Crippen LogP contribution in [0, 0.1) is 13.8 Å². The van der Waals surface area contributed by atoms with Gasteiger partial charge >= 0.3 is 0 Å². The molecule has 0 fully saturated rings. The maximum Gasteiger partial charge on any atom is 0.255 e. The highest BCUT2D eigenvalue weighted by Gasteiger charge is 2.18. The van der Waals surface area contributed by atoms with E-state index in [1.165, 1.54) is 0 Å². The molecule has 5 heteroatoms. The Balaban J connectivity index is 2.79. The molecule has 0 aromatic carbocycles. The molecular formula is C13H24N4O. The largest absolute Gasteiger partial charge is 0.350 e. The summed E-state index contributed by atoms with van der Waals surface area (Å²) in [5, 5.41) is 10.4. The van der Waals surface area contributed by atoms with Crippen LogP contribution in [0.2, 0.25) is 0 Å². The zero-order chi connectivity index (χ0) is 13.7. The molecule has 1 aromatic heterocycles. The molecular weight excluding hydrogens is 228 g/mol. The number of amides is 1. The number of carbonyl (C=O) groups excluding carboxylic acids is 1. The highest BCUT2D eigenvalue weighted by atomic mass is 16.1.